The standard InChI is InChI=1S/C8H6ClF2NO/c9-4-8(13)12-7-2-1-5(10)3-6(7)11/h1-3H,4H2,(H,12,13). The summed E-state index contributed by atoms with van der Waals surface area (Å²) in [7, 11) is 0. The first kappa shape index (κ1) is 9.92. The minimum absolute atomic E-state index is 0.0768. The molecule has 1 amide bonds. The lowest BCUT2D eigenvalue weighted by atomic mass is 10.3. The number of benzene rings is 1. The number of alkyl halides is 1. The predicted octanol–water partition coefficient (Wildman–Crippen LogP) is 2.14. The van der Waals surface area contributed by atoms with Gasteiger partial charge in [-0.3, -0.25) is 4.79 Å². The molecule has 0 unspecified atom stereocenters. The molecule has 0 aromatic heterocycles. The molecular weight excluding hydrogens is 200 g/mol. The van der Waals surface area contributed by atoms with Crippen LogP contribution in [0.3, 0.4) is 0 Å². The normalized spacial score (nSPS) is 9.77. The van der Waals surface area contributed by atoms with Crippen molar-refractivity contribution in [1.29, 1.82) is 0 Å². The molecule has 0 radical (unpaired) electrons. The molecule has 0 aliphatic carbocycles. The molecule has 0 bridgehead atoms. The molecule has 5 heteroatoms. The Labute approximate surface area is 78.5 Å². The highest BCUT2D eigenvalue weighted by Crippen LogP contribution is 2.14. The van der Waals surface area contributed by atoms with Crippen LogP contribution < -0.4 is 5.32 Å². The van der Waals surface area contributed by atoms with Crippen LogP contribution in [0.4, 0.5) is 14.5 Å². The maximum absolute atomic E-state index is 12.8. The number of halogens is 3. The lowest BCUT2D eigenvalue weighted by molar-refractivity contribution is -0.113. The Bertz CT molecular complexity index is 330. The molecule has 70 valence electrons. The minimum Gasteiger partial charge on any atom is -0.323 e. The number of hydrogen-bond acceptors (Lipinski definition) is 1. The van der Waals surface area contributed by atoms with Crippen LogP contribution in [0, 0.1) is 11.6 Å². The monoisotopic (exact) mass is 205 g/mol. The van der Waals surface area contributed by atoms with Crippen molar-refractivity contribution >= 4 is 23.2 Å². The van der Waals surface area contributed by atoms with Gasteiger partial charge < -0.3 is 5.32 Å². The molecule has 0 aliphatic rings. The van der Waals surface area contributed by atoms with E-state index in [4.69, 9.17) is 11.6 Å². The highest BCUT2D eigenvalue weighted by atomic mass is 35.5. The zero-order chi connectivity index (χ0) is 9.84. The van der Waals surface area contributed by atoms with Gasteiger partial charge in [0.15, 0.2) is 0 Å². The van der Waals surface area contributed by atoms with Gasteiger partial charge in [-0.15, -0.1) is 11.6 Å². The van der Waals surface area contributed by atoms with E-state index in [1.165, 1.54) is 0 Å². The Morgan fingerprint density at radius 2 is 2.15 bits per heavy atom. The minimum atomic E-state index is -0.821. The summed E-state index contributed by atoms with van der Waals surface area (Å²) < 4.78 is 25.2. The number of carbonyl (C=O) groups excluding carboxylic acids is 1. The Morgan fingerprint density at radius 3 is 2.69 bits per heavy atom. The van der Waals surface area contributed by atoms with E-state index in [1.807, 2.05) is 0 Å². The van der Waals surface area contributed by atoms with Crippen molar-refractivity contribution in [2.45, 2.75) is 0 Å². The molecule has 1 N–H and O–H groups in total. The molecule has 0 saturated carbocycles. The van der Waals surface area contributed by atoms with E-state index >= 15 is 0 Å². The van der Waals surface area contributed by atoms with Gasteiger partial charge >= 0.3 is 0 Å². The summed E-state index contributed by atoms with van der Waals surface area (Å²) >= 11 is 5.18. The van der Waals surface area contributed by atoms with Gasteiger partial charge in [0.2, 0.25) is 5.91 Å². The summed E-state index contributed by atoms with van der Waals surface area (Å²) in [5.74, 6) is -2.32. The van der Waals surface area contributed by atoms with Gasteiger partial charge in [-0.25, -0.2) is 8.78 Å². The van der Waals surface area contributed by atoms with Gasteiger partial charge in [0, 0.05) is 6.07 Å². The van der Waals surface area contributed by atoms with Gasteiger partial charge in [-0.1, -0.05) is 0 Å². The van der Waals surface area contributed by atoms with Crippen molar-refractivity contribution in [1.82, 2.24) is 0 Å². The second-order valence-corrected chi connectivity index (χ2v) is 2.57. The van der Waals surface area contributed by atoms with E-state index in [1.54, 1.807) is 0 Å². The van der Waals surface area contributed by atoms with E-state index < -0.39 is 17.5 Å². The fourth-order valence-electron chi connectivity index (χ4n) is 0.774. The molecule has 2 nitrogen and oxygen atoms in total. The van der Waals surface area contributed by atoms with E-state index in [0.29, 0.717) is 6.07 Å². The lowest BCUT2D eigenvalue weighted by Crippen LogP contribution is -2.13. The zero-order valence-electron chi connectivity index (χ0n) is 6.48. The van der Waals surface area contributed by atoms with E-state index in [0.717, 1.165) is 12.1 Å². The summed E-state index contributed by atoms with van der Waals surface area (Å²) in [5.41, 5.74) is -0.0768. The maximum atomic E-state index is 12.8. The van der Waals surface area contributed by atoms with Crippen molar-refractivity contribution in [2.24, 2.45) is 0 Å². The molecule has 0 saturated heterocycles. The van der Waals surface area contributed by atoms with Crippen molar-refractivity contribution in [3.63, 3.8) is 0 Å². The predicted molar refractivity (Wildman–Crippen MR) is 45.7 cm³/mol. The summed E-state index contributed by atoms with van der Waals surface area (Å²) in [4.78, 5) is 10.7. The third-order valence-electron chi connectivity index (χ3n) is 1.33. The van der Waals surface area contributed by atoms with Crippen LogP contribution in [0.2, 0.25) is 0 Å². The Hall–Kier alpha value is -1.16. The first-order valence-corrected chi connectivity index (χ1v) is 3.98. The van der Waals surface area contributed by atoms with Gasteiger partial charge in [0.25, 0.3) is 0 Å². The summed E-state index contributed by atoms with van der Waals surface area (Å²) in [6.45, 7) is 0. The van der Waals surface area contributed by atoms with E-state index in [-0.39, 0.29) is 11.6 Å². The highest BCUT2D eigenvalue weighted by Gasteiger charge is 2.06. The molecule has 13 heavy (non-hydrogen) atoms. The van der Waals surface area contributed by atoms with Crippen LogP contribution in [0.15, 0.2) is 18.2 Å². The van der Waals surface area contributed by atoms with Crippen LogP contribution in [-0.2, 0) is 4.79 Å². The average molecular weight is 206 g/mol. The molecule has 0 atom stereocenters. The maximum Gasteiger partial charge on any atom is 0.239 e. The first-order valence-electron chi connectivity index (χ1n) is 3.44. The lowest BCUT2D eigenvalue weighted by Gasteiger charge is -2.03. The number of carbonyl (C=O) groups is 1. The quantitative estimate of drug-likeness (QED) is 0.737. The SMILES string of the molecule is O=C(CCl)Nc1ccc(F)cc1F. The van der Waals surface area contributed by atoms with E-state index in [2.05, 4.69) is 5.32 Å². The Kier molecular flexibility index (Phi) is 3.19. The Balaban J connectivity index is 2.83. The van der Waals surface area contributed by atoms with Crippen molar-refractivity contribution in [2.75, 3.05) is 11.2 Å². The topological polar surface area (TPSA) is 29.1 Å². The number of anilines is 1. The highest BCUT2D eigenvalue weighted by molar-refractivity contribution is 6.29. The number of nitrogens with one attached hydrogen (secondary N) is 1. The van der Waals surface area contributed by atoms with Crippen LogP contribution in [0.1, 0.15) is 0 Å². The molecule has 0 aliphatic heterocycles. The van der Waals surface area contributed by atoms with Gasteiger partial charge in [0.1, 0.15) is 17.5 Å². The Morgan fingerprint density at radius 1 is 1.46 bits per heavy atom. The fourth-order valence-corrected chi connectivity index (χ4v) is 0.841. The van der Waals surface area contributed by atoms with Gasteiger partial charge in [0.05, 0.1) is 5.69 Å². The molecule has 1 aromatic rings. The van der Waals surface area contributed by atoms with Gasteiger partial charge in [-0.2, -0.15) is 0 Å². The third-order valence-corrected chi connectivity index (χ3v) is 1.57. The van der Waals surface area contributed by atoms with Crippen LogP contribution >= 0.6 is 11.6 Å². The molecule has 1 rings (SSSR count). The van der Waals surface area contributed by atoms with Crippen molar-refractivity contribution < 1.29 is 13.6 Å². The first-order chi connectivity index (χ1) is 6.13. The second kappa shape index (κ2) is 4.18. The smallest absolute Gasteiger partial charge is 0.239 e. The van der Waals surface area contributed by atoms with Crippen LogP contribution in [-0.4, -0.2) is 11.8 Å². The largest absolute Gasteiger partial charge is 0.323 e. The third kappa shape index (κ3) is 2.66. The van der Waals surface area contributed by atoms with Crippen molar-refractivity contribution in [3.8, 4) is 0 Å². The summed E-state index contributed by atoms with van der Waals surface area (Å²) in [6.07, 6.45) is 0. The molecule has 1 aromatic carbocycles. The molecular formula is C8H6ClF2NO. The second-order valence-electron chi connectivity index (χ2n) is 2.31. The van der Waals surface area contributed by atoms with Gasteiger partial charge in [-0.05, 0) is 12.1 Å². The number of hydrogen-bond donors (Lipinski definition) is 1. The number of amides is 1. The summed E-state index contributed by atoms with van der Waals surface area (Å²) in [6, 6.07) is 2.87. The fraction of sp³-hybridized carbons (Fsp3) is 0.125. The van der Waals surface area contributed by atoms with Crippen LogP contribution in [0.5, 0.6) is 0 Å². The van der Waals surface area contributed by atoms with Crippen molar-refractivity contribution in [3.05, 3.63) is 29.8 Å². The number of rotatable bonds is 2. The average Bonchev–Trinajstić information content (AvgIpc) is 2.09. The molecule has 0 heterocycles. The summed E-state index contributed by atoms with van der Waals surface area (Å²) in [5, 5.41) is 2.17. The molecule has 0 fully saturated rings. The van der Waals surface area contributed by atoms with Crippen LogP contribution in [0.25, 0.3) is 0 Å². The molecule has 0 spiro atoms. The zero-order valence-corrected chi connectivity index (χ0v) is 7.24. The van der Waals surface area contributed by atoms with E-state index in [9.17, 15) is 13.6 Å².